The lowest BCUT2D eigenvalue weighted by atomic mass is 10.1. The van der Waals surface area contributed by atoms with Gasteiger partial charge in [-0.2, -0.15) is 0 Å². The lowest BCUT2D eigenvalue weighted by molar-refractivity contribution is 0.0941. The molecule has 128 valence electrons. The molecule has 0 radical (unpaired) electrons. The van der Waals surface area contributed by atoms with Gasteiger partial charge in [0.25, 0.3) is 5.91 Å². The van der Waals surface area contributed by atoms with Gasteiger partial charge < -0.3 is 10.1 Å². The average molecular weight is 357 g/mol. The highest BCUT2D eigenvalue weighted by Gasteiger charge is 2.17. The maximum absolute atomic E-state index is 12.7. The Kier molecular flexibility index (Phi) is 4.76. The summed E-state index contributed by atoms with van der Waals surface area (Å²) in [4.78, 5) is 24.5. The van der Waals surface area contributed by atoms with Crippen LogP contribution in [0.15, 0.2) is 48.7 Å². The number of nitrogens with one attached hydrogen (secondary N) is 1. The second kappa shape index (κ2) is 6.99. The van der Waals surface area contributed by atoms with Crippen molar-refractivity contribution in [1.29, 1.82) is 0 Å². The van der Waals surface area contributed by atoms with Gasteiger partial charge in [0.1, 0.15) is 5.75 Å². The zero-order valence-electron chi connectivity index (χ0n) is 13.9. The van der Waals surface area contributed by atoms with Crippen molar-refractivity contribution in [2.75, 3.05) is 11.9 Å². The third-order valence-corrected chi connectivity index (χ3v) is 4.01. The van der Waals surface area contributed by atoms with E-state index in [4.69, 9.17) is 16.3 Å². The molecule has 0 spiro atoms. The zero-order valence-corrected chi connectivity index (χ0v) is 14.6. The fourth-order valence-electron chi connectivity index (χ4n) is 2.64. The van der Waals surface area contributed by atoms with Gasteiger partial charge in [-0.05, 0) is 43.3 Å². The minimum Gasteiger partial charge on any atom is -0.494 e. The number of ether oxygens (including phenoxy) is 1. The molecule has 1 heterocycles. The third kappa shape index (κ3) is 3.51. The van der Waals surface area contributed by atoms with Crippen molar-refractivity contribution >= 4 is 40.0 Å². The fourth-order valence-corrected chi connectivity index (χ4v) is 2.81. The smallest absolute Gasteiger partial charge is 0.257 e. The highest BCUT2D eigenvalue weighted by Crippen LogP contribution is 2.26. The first-order chi connectivity index (χ1) is 12.0. The number of anilines is 1. The first-order valence-electron chi connectivity index (χ1n) is 7.85. The first kappa shape index (κ1) is 17.0. The number of hydrogen-bond donors (Lipinski definition) is 1. The molecule has 1 amide bonds. The Morgan fingerprint density at radius 1 is 1.16 bits per heavy atom. The second-order valence-electron chi connectivity index (χ2n) is 5.50. The van der Waals surface area contributed by atoms with E-state index in [1.807, 2.05) is 6.92 Å². The summed E-state index contributed by atoms with van der Waals surface area (Å²) in [5.74, 6) is 0.257. The summed E-state index contributed by atoms with van der Waals surface area (Å²) in [5.41, 5.74) is 1.67. The average Bonchev–Trinajstić information content (AvgIpc) is 2.96. The molecule has 0 aliphatic rings. The minimum atomic E-state index is -0.295. The van der Waals surface area contributed by atoms with Crippen molar-refractivity contribution in [3.8, 4) is 5.75 Å². The SMILES string of the molecule is CCOc1ccc(NC(=O)c2cn(C(C)=O)c3cc(Cl)ccc23)cc1. The monoisotopic (exact) mass is 356 g/mol. The molecular formula is C19H17ClN2O3. The predicted octanol–water partition coefficient (Wildman–Crippen LogP) is 4.61. The van der Waals surface area contributed by atoms with E-state index >= 15 is 0 Å². The van der Waals surface area contributed by atoms with Gasteiger partial charge in [0.15, 0.2) is 0 Å². The number of fused-ring (bicyclic) bond motifs is 1. The summed E-state index contributed by atoms with van der Waals surface area (Å²) in [6.07, 6.45) is 1.53. The molecule has 1 aromatic heterocycles. The molecular weight excluding hydrogens is 340 g/mol. The van der Waals surface area contributed by atoms with Gasteiger partial charge in [-0.3, -0.25) is 14.2 Å². The molecule has 2 aromatic carbocycles. The van der Waals surface area contributed by atoms with Crippen LogP contribution in [0.3, 0.4) is 0 Å². The lowest BCUT2D eigenvalue weighted by Gasteiger charge is -2.06. The van der Waals surface area contributed by atoms with Crippen molar-refractivity contribution in [3.63, 3.8) is 0 Å². The second-order valence-corrected chi connectivity index (χ2v) is 5.94. The quantitative estimate of drug-likeness (QED) is 0.742. The van der Waals surface area contributed by atoms with Gasteiger partial charge in [-0.25, -0.2) is 0 Å². The van der Waals surface area contributed by atoms with Crippen molar-refractivity contribution in [1.82, 2.24) is 4.57 Å². The van der Waals surface area contributed by atoms with E-state index in [9.17, 15) is 9.59 Å². The largest absolute Gasteiger partial charge is 0.494 e. The number of hydrogen-bond acceptors (Lipinski definition) is 3. The molecule has 0 saturated heterocycles. The number of carbonyl (C=O) groups is 2. The number of aromatic nitrogens is 1. The van der Waals surface area contributed by atoms with Crippen molar-refractivity contribution in [2.24, 2.45) is 0 Å². The van der Waals surface area contributed by atoms with Gasteiger partial charge in [0.05, 0.1) is 17.7 Å². The molecule has 0 aliphatic carbocycles. The van der Waals surface area contributed by atoms with Gasteiger partial charge in [-0.1, -0.05) is 17.7 Å². The van der Waals surface area contributed by atoms with Crippen LogP contribution in [-0.2, 0) is 0 Å². The number of amides is 1. The molecule has 0 fully saturated rings. The van der Waals surface area contributed by atoms with E-state index in [1.54, 1.807) is 42.5 Å². The van der Waals surface area contributed by atoms with Gasteiger partial charge in [-0.15, -0.1) is 0 Å². The van der Waals surface area contributed by atoms with Crippen LogP contribution in [0.4, 0.5) is 5.69 Å². The van der Waals surface area contributed by atoms with Crippen LogP contribution in [0.2, 0.25) is 5.02 Å². The summed E-state index contributed by atoms with van der Waals surface area (Å²) in [7, 11) is 0. The van der Waals surface area contributed by atoms with Gasteiger partial charge >= 0.3 is 0 Å². The normalized spacial score (nSPS) is 10.7. The molecule has 5 nitrogen and oxygen atoms in total. The lowest BCUT2D eigenvalue weighted by Crippen LogP contribution is -2.11. The number of rotatable bonds is 4. The van der Waals surface area contributed by atoms with E-state index in [0.29, 0.717) is 33.8 Å². The number of nitrogens with zero attached hydrogens (tertiary/aromatic N) is 1. The van der Waals surface area contributed by atoms with Crippen LogP contribution in [0.25, 0.3) is 10.9 Å². The minimum absolute atomic E-state index is 0.188. The van der Waals surface area contributed by atoms with E-state index in [0.717, 1.165) is 5.75 Å². The number of halogens is 1. The van der Waals surface area contributed by atoms with Gasteiger partial charge in [0.2, 0.25) is 5.91 Å². The maximum atomic E-state index is 12.7. The molecule has 0 unspecified atom stereocenters. The first-order valence-corrected chi connectivity index (χ1v) is 8.23. The van der Waals surface area contributed by atoms with E-state index in [2.05, 4.69) is 5.32 Å². The molecule has 1 N–H and O–H groups in total. The van der Waals surface area contributed by atoms with Crippen LogP contribution in [0, 0.1) is 0 Å². The summed E-state index contributed by atoms with van der Waals surface area (Å²) in [5, 5.41) is 4.01. The number of carbonyl (C=O) groups excluding carboxylic acids is 2. The third-order valence-electron chi connectivity index (χ3n) is 3.77. The molecule has 3 rings (SSSR count). The molecule has 3 aromatic rings. The predicted molar refractivity (Wildman–Crippen MR) is 98.8 cm³/mol. The molecule has 0 saturated carbocycles. The van der Waals surface area contributed by atoms with Crippen LogP contribution in [0.5, 0.6) is 5.75 Å². The molecule has 0 aliphatic heterocycles. The van der Waals surface area contributed by atoms with Crippen LogP contribution >= 0.6 is 11.6 Å². The molecule has 0 bridgehead atoms. The Labute approximate surface area is 150 Å². The van der Waals surface area contributed by atoms with Crippen LogP contribution in [-0.4, -0.2) is 23.0 Å². The van der Waals surface area contributed by atoms with Crippen molar-refractivity contribution < 1.29 is 14.3 Å². The Bertz CT molecular complexity index is 945. The Morgan fingerprint density at radius 2 is 1.88 bits per heavy atom. The highest BCUT2D eigenvalue weighted by molar-refractivity contribution is 6.31. The standard InChI is InChI=1S/C19H17ClN2O3/c1-3-25-15-7-5-14(6-8-15)21-19(24)17-11-22(12(2)23)18-10-13(20)4-9-16(17)18/h4-11H,3H2,1-2H3,(H,21,24). The maximum Gasteiger partial charge on any atom is 0.257 e. The van der Waals surface area contributed by atoms with Crippen LogP contribution in [0.1, 0.15) is 29.0 Å². The topological polar surface area (TPSA) is 60.3 Å². The Balaban J connectivity index is 1.93. The van der Waals surface area contributed by atoms with Crippen LogP contribution < -0.4 is 10.1 Å². The van der Waals surface area contributed by atoms with Crippen molar-refractivity contribution in [3.05, 3.63) is 59.2 Å². The van der Waals surface area contributed by atoms with E-state index in [1.165, 1.54) is 17.7 Å². The van der Waals surface area contributed by atoms with Crippen molar-refractivity contribution in [2.45, 2.75) is 13.8 Å². The zero-order chi connectivity index (χ0) is 18.0. The summed E-state index contributed by atoms with van der Waals surface area (Å²) >= 11 is 6.02. The fraction of sp³-hybridized carbons (Fsp3) is 0.158. The molecule has 25 heavy (non-hydrogen) atoms. The van der Waals surface area contributed by atoms with Gasteiger partial charge in [0, 0.05) is 29.2 Å². The Morgan fingerprint density at radius 3 is 2.52 bits per heavy atom. The van der Waals surface area contributed by atoms with E-state index < -0.39 is 0 Å². The summed E-state index contributed by atoms with van der Waals surface area (Å²) in [6.45, 7) is 3.93. The molecule has 6 heteroatoms. The summed E-state index contributed by atoms with van der Waals surface area (Å²) in [6, 6.07) is 12.2. The number of benzene rings is 2. The Hall–Kier alpha value is -2.79. The van der Waals surface area contributed by atoms with E-state index in [-0.39, 0.29) is 11.8 Å². The summed E-state index contributed by atoms with van der Waals surface area (Å²) < 4.78 is 6.81. The molecule has 0 atom stereocenters. The highest BCUT2D eigenvalue weighted by atomic mass is 35.5.